The lowest BCUT2D eigenvalue weighted by Crippen LogP contribution is -2.38. The molecule has 174 valence electrons. The van der Waals surface area contributed by atoms with Crippen molar-refractivity contribution in [2.75, 3.05) is 37.4 Å². The number of halogens is 2. The average Bonchev–Trinajstić information content (AvgIpc) is 3.53. The number of methoxy groups -OCH3 is 1. The van der Waals surface area contributed by atoms with Gasteiger partial charge in [0.1, 0.15) is 17.5 Å². The van der Waals surface area contributed by atoms with Gasteiger partial charge in [-0.05, 0) is 62.3 Å². The predicted molar refractivity (Wildman–Crippen MR) is 122 cm³/mol. The van der Waals surface area contributed by atoms with E-state index in [4.69, 9.17) is 4.74 Å². The molecule has 32 heavy (non-hydrogen) atoms. The highest BCUT2D eigenvalue weighted by Gasteiger charge is 2.40. The minimum atomic E-state index is -0.750. The Morgan fingerprint density at radius 3 is 2.56 bits per heavy atom. The number of nitrogens with zero attached hydrogens (tertiary/aromatic N) is 1. The van der Waals surface area contributed by atoms with E-state index in [2.05, 4.69) is 20.9 Å². The van der Waals surface area contributed by atoms with Gasteiger partial charge in [-0.1, -0.05) is 6.07 Å². The standard InChI is InChI=1S/C24H32F2N4O2/c1-32-11-10-27-17-3-5-18(6-4-17)30-23-13-19(21(26)14-28-23)16-2-7-20(25)22(12-16)29-15-24(31)8-9-24/h2,7,12-14,17-18,27,29,31H,3-6,8-11,15H2,1H3,(H,28,30)/t17-,18-. The summed E-state index contributed by atoms with van der Waals surface area (Å²) in [7, 11) is 1.70. The predicted octanol–water partition coefficient (Wildman–Crippen LogP) is 3.92. The van der Waals surface area contributed by atoms with Crippen LogP contribution in [0, 0.1) is 11.6 Å². The summed E-state index contributed by atoms with van der Waals surface area (Å²) in [6.45, 7) is 1.85. The van der Waals surface area contributed by atoms with Gasteiger partial charge in [0.15, 0.2) is 0 Å². The van der Waals surface area contributed by atoms with E-state index in [0.29, 0.717) is 42.4 Å². The Labute approximate surface area is 187 Å². The zero-order valence-corrected chi connectivity index (χ0v) is 18.5. The maximum Gasteiger partial charge on any atom is 0.149 e. The molecular weight excluding hydrogens is 414 g/mol. The molecule has 4 rings (SSSR count). The number of ether oxygens (including phenoxy) is 1. The molecule has 0 bridgehead atoms. The van der Waals surface area contributed by atoms with Crippen LogP contribution in [0.5, 0.6) is 0 Å². The van der Waals surface area contributed by atoms with Crippen LogP contribution >= 0.6 is 0 Å². The number of anilines is 2. The molecule has 6 nitrogen and oxygen atoms in total. The quantitative estimate of drug-likeness (QED) is 0.415. The lowest BCUT2D eigenvalue weighted by molar-refractivity contribution is 0.164. The van der Waals surface area contributed by atoms with Crippen molar-refractivity contribution in [2.45, 2.75) is 56.2 Å². The normalized spacial score (nSPS) is 21.9. The van der Waals surface area contributed by atoms with E-state index in [-0.39, 0.29) is 18.3 Å². The second-order valence-corrected chi connectivity index (χ2v) is 8.96. The SMILES string of the molecule is COCCN[C@H]1CC[C@H](Nc2cc(-c3ccc(F)c(NCC4(O)CC4)c3)c(F)cn2)CC1. The van der Waals surface area contributed by atoms with Crippen LogP contribution in [-0.2, 0) is 4.74 Å². The Morgan fingerprint density at radius 2 is 1.84 bits per heavy atom. The summed E-state index contributed by atoms with van der Waals surface area (Å²) in [5.74, 6) is -0.273. The molecule has 2 aliphatic rings. The lowest BCUT2D eigenvalue weighted by atomic mass is 9.91. The summed E-state index contributed by atoms with van der Waals surface area (Å²) >= 11 is 0. The van der Waals surface area contributed by atoms with Crippen LogP contribution in [0.25, 0.3) is 11.1 Å². The molecular formula is C24H32F2N4O2. The summed E-state index contributed by atoms with van der Waals surface area (Å²) in [5.41, 5.74) is 0.434. The highest BCUT2D eigenvalue weighted by Crippen LogP contribution is 2.36. The molecule has 0 unspecified atom stereocenters. The largest absolute Gasteiger partial charge is 0.388 e. The molecule has 2 saturated carbocycles. The molecule has 2 fully saturated rings. The first kappa shape index (κ1) is 22.9. The van der Waals surface area contributed by atoms with E-state index < -0.39 is 17.2 Å². The maximum atomic E-state index is 14.6. The van der Waals surface area contributed by atoms with Crippen molar-refractivity contribution in [1.82, 2.24) is 10.3 Å². The molecule has 0 aliphatic heterocycles. The van der Waals surface area contributed by atoms with Crippen molar-refractivity contribution < 1.29 is 18.6 Å². The molecule has 8 heteroatoms. The van der Waals surface area contributed by atoms with E-state index in [1.165, 1.54) is 12.3 Å². The van der Waals surface area contributed by atoms with Gasteiger partial charge in [-0.25, -0.2) is 13.8 Å². The highest BCUT2D eigenvalue weighted by molar-refractivity contribution is 5.71. The van der Waals surface area contributed by atoms with Gasteiger partial charge >= 0.3 is 0 Å². The summed E-state index contributed by atoms with van der Waals surface area (Å²) < 4.78 is 33.9. The van der Waals surface area contributed by atoms with Gasteiger partial charge in [-0.2, -0.15) is 0 Å². The minimum absolute atomic E-state index is 0.257. The molecule has 0 atom stereocenters. The Bertz CT molecular complexity index is 915. The topological polar surface area (TPSA) is 78.4 Å². The van der Waals surface area contributed by atoms with Gasteiger partial charge in [0, 0.05) is 37.8 Å². The Hall–Kier alpha value is -2.29. The van der Waals surface area contributed by atoms with Gasteiger partial charge in [0.05, 0.1) is 24.1 Å². The first-order valence-corrected chi connectivity index (χ1v) is 11.4. The summed E-state index contributed by atoms with van der Waals surface area (Å²) in [4.78, 5) is 4.21. The fraction of sp³-hybridized carbons (Fsp3) is 0.542. The van der Waals surface area contributed by atoms with E-state index in [9.17, 15) is 13.9 Å². The van der Waals surface area contributed by atoms with Gasteiger partial charge in [0.25, 0.3) is 0 Å². The fourth-order valence-electron chi connectivity index (χ4n) is 4.16. The Balaban J connectivity index is 1.40. The zero-order chi connectivity index (χ0) is 22.6. The van der Waals surface area contributed by atoms with Crippen molar-refractivity contribution in [1.29, 1.82) is 0 Å². The Morgan fingerprint density at radius 1 is 1.09 bits per heavy atom. The maximum absolute atomic E-state index is 14.6. The molecule has 0 saturated heterocycles. The number of aromatic nitrogens is 1. The van der Waals surface area contributed by atoms with Crippen LogP contribution in [0.1, 0.15) is 38.5 Å². The molecule has 0 spiro atoms. The molecule has 1 aromatic carbocycles. The number of aliphatic hydroxyl groups is 1. The smallest absolute Gasteiger partial charge is 0.149 e. The van der Waals surface area contributed by atoms with E-state index in [0.717, 1.165) is 32.2 Å². The number of hydrogen-bond donors (Lipinski definition) is 4. The van der Waals surface area contributed by atoms with Crippen molar-refractivity contribution >= 4 is 11.5 Å². The number of pyridine rings is 1. The van der Waals surface area contributed by atoms with E-state index >= 15 is 0 Å². The summed E-state index contributed by atoms with van der Waals surface area (Å²) in [6.07, 6.45) is 6.77. The number of hydrogen-bond acceptors (Lipinski definition) is 6. The van der Waals surface area contributed by atoms with Crippen molar-refractivity contribution in [3.05, 3.63) is 42.1 Å². The third-order valence-corrected chi connectivity index (χ3v) is 6.39. The van der Waals surface area contributed by atoms with Crippen molar-refractivity contribution in [2.24, 2.45) is 0 Å². The lowest BCUT2D eigenvalue weighted by Gasteiger charge is -2.30. The molecule has 1 aromatic heterocycles. The molecule has 0 amide bonds. The molecule has 0 radical (unpaired) electrons. The first-order chi connectivity index (χ1) is 15.5. The highest BCUT2D eigenvalue weighted by atomic mass is 19.1. The van der Waals surface area contributed by atoms with Gasteiger partial charge < -0.3 is 25.8 Å². The second kappa shape index (κ2) is 10.1. The third-order valence-electron chi connectivity index (χ3n) is 6.39. The average molecular weight is 447 g/mol. The van der Waals surface area contributed by atoms with Gasteiger partial charge in [-0.15, -0.1) is 0 Å². The molecule has 2 aromatic rings. The van der Waals surface area contributed by atoms with Crippen molar-refractivity contribution in [3.63, 3.8) is 0 Å². The van der Waals surface area contributed by atoms with E-state index in [1.807, 2.05) is 0 Å². The molecule has 4 N–H and O–H groups in total. The van der Waals surface area contributed by atoms with Gasteiger partial charge in [0.2, 0.25) is 0 Å². The fourth-order valence-corrected chi connectivity index (χ4v) is 4.16. The van der Waals surface area contributed by atoms with Crippen LogP contribution in [0.4, 0.5) is 20.3 Å². The minimum Gasteiger partial charge on any atom is -0.388 e. The second-order valence-electron chi connectivity index (χ2n) is 8.96. The number of benzene rings is 1. The first-order valence-electron chi connectivity index (χ1n) is 11.4. The van der Waals surface area contributed by atoms with Gasteiger partial charge in [-0.3, -0.25) is 0 Å². The summed E-state index contributed by atoms with van der Waals surface area (Å²) in [6, 6.07) is 6.93. The van der Waals surface area contributed by atoms with Crippen LogP contribution in [0.3, 0.4) is 0 Å². The zero-order valence-electron chi connectivity index (χ0n) is 18.5. The van der Waals surface area contributed by atoms with Crippen molar-refractivity contribution in [3.8, 4) is 11.1 Å². The van der Waals surface area contributed by atoms with Crippen LogP contribution < -0.4 is 16.0 Å². The molecule has 1 heterocycles. The van der Waals surface area contributed by atoms with E-state index in [1.54, 1.807) is 25.3 Å². The van der Waals surface area contributed by atoms with Crippen LogP contribution in [-0.4, -0.2) is 54.6 Å². The summed E-state index contributed by atoms with van der Waals surface area (Å²) in [5, 5.41) is 19.9. The van der Waals surface area contributed by atoms with Crippen LogP contribution in [0.15, 0.2) is 30.5 Å². The monoisotopic (exact) mass is 446 g/mol. The number of rotatable bonds is 10. The molecule has 2 aliphatic carbocycles. The Kier molecular flexibility index (Phi) is 7.23. The number of nitrogens with one attached hydrogen (secondary N) is 3. The third kappa shape index (κ3) is 5.94. The van der Waals surface area contributed by atoms with Crippen LogP contribution in [0.2, 0.25) is 0 Å².